The van der Waals surface area contributed by atoms with Gasteiger partial charge in [0.15, 0.2) is 0 Å². The van der Waals surface area contributed by atoms with Gasteiger partial charge in [-0.15, -0.1) is 6.42 Å². The number of nitrogens with one attached hydrogen (secondary N) is 6. The predicted octanol–water partition coefficient (Wildman–Crippen LogP) is 7.96. The second-order valence-corrected chi connectivity index (χ2v) is 18.5. The lowest BCUT2D eigenvalue weighted by Crippen LogP contribution is -2.59. The van der Waals surface area contributed by atoms with E-state index in [1.165, 1.54) is 0 Å². The third-order valence-electron chi connectivity index (χ3n) is 12.3. The Balaban J connectivity index is 1.52. The number of urea groups is 3. The molecule has 0 aliphatic heterocycles. The molecular formula is C60H74N6O9. The number of benzene rings is 3. The molecule has 1 saturated carbocycles. The Bertz CT molecular complexity index is 2370. The average molecular weight is 1020 g/mol. The number of esters is 3. The summed E-state index contributed by atoms with van der Waals surface area (Å²) in [7, 11) is 0. The molecule has 3 aromatic carbocycles. The van der Waals surface area contributed by atoms with Crippen LogP contribution in [0.15, 0.2) is 91.0 Å². The van der Waals surface area contributed by atoms with Crippen LogP contribution in [0, 0.1) is 48.1 Å². The van der Waals surface area contributed by atoms with Crippen LogP contribution < -0.4 is 31.9 Å². The second-order valence-electron chi connectivity index (χ2n) is 18.5. The Morgan fingerprint density at radius 2 is 0.800 bits per heavy atom. The van der Waals surface area contributed by atoms with Gasteiger partial charge in [0, 0.05) is 55.1 Å². The van der Waals surface area contributed by atoms with E-state index in [1.54, 1.807) is 24.3 Å². The minimum Gasteiger partial charge on any atom is -0.464 e. The molecule has 0 radical (unpaired) electrons. The summed E-state index contributed by atoms with van der Waals surface area (Å²) in [6.07, 6.45) is 20.6. The van der Waals surface area contributed by atoms with Crippen molar-refractivity contribution in [1.29, 1.82) is 0 Å². The molecule has 1 unspecified atom stereocenters. The molecule has 4 rings (SSSR count). The standard InChI is InChI=1S/C60H74N6O9/c1-4-7-10-13-16-28-37-73-55(67)52(40-46-31-22-19-23-32-46)64-58(70)61-49-43-50(62-59(71)65-53(41-47-33-24-20-25-34-47)56(68)74-38-29-17-14-11-8-5-2)45-51(44-49)63-60(72)66-54(42-48-35-26-21-27-36-48)57(69)75-39-30-18-15-12-9-6-3/h1,19-27,31-36,49-54H,5-6,8-9,11-12,14-15,17-18,29-30,38-45H2,2-3H3,(H2,61,64,70)(H2,62,65,71)(H2,63,66,72)/t49?,50-,51+,52-,53-,54-/m0/s1. The maximum absolute atomic E-state index is 13.9. The third kappa shape index (κ3) is 25.6. The van der Waals surface area contributed by atoms with Crippen molar-refractivity contribution in [3.8, 4) is 48.1 Å². The van der Waals surface area contributed by atoms with Crippen molar-refractivity contribution < 1.29 is 43.0 Å². The molecule has 398 valence electrons. The fourth-order valence-electron chi connectivity index (χ4n) is 8.57. The Kier molecular flexibility index (Phi) is 28.7. The van der Waals surface area contributed by atoms with Crippen LogP contribution in [0.3, 0.4) is 0 Å². The van der Waals surface area contributed by atoms with E-state index in [2.05, 4.69) is 87.4 Å². The SMILES string of the molecule is C#CC#CC#CC#COC(=O)[C@H](Cc1ccccc1)NC(=O)NC1C[C@@H](NC(=O)N[C@@H](Cc2ccccc2)C(=O)OCCCCCCCC)C[C@@H](NC(=O)N[C@@H](Cc2ccccc2)C(=O)OCCCCCCCC)C1. The van der Waals surface area contributed by atoms with Gasteiger partial charge in [0.2, 0.25) is 0 Å². The first-order valence-electron chi connectivity index (χ1n) is 26.4. The van der Waals surface area contributed by atoms with Crippen molar-refractivity contribution in [2.75, 3.05) is 13.2 Å². The van der Waals surface area contributed by atoms with Gasteiger partial charge in [0.25, 0.3) is 0 Å². The van der Waals surface area contributed by atoms with E-state index >= 15 is 0 Å². The van der Waals surface area contributed by atoms with Gasteiger partial charge < -0.3 is 46.1 Å². The first-order chi connectivity index (χ1) is 36.6. The number of amides is 6. The number of unbranched alkanes of at least 4 members (excludes halogenated alkanes) is 10. The monoisotopic (exact) mass is 1020 g/mol. The Morgan fingerprint density at radius 1 is 0.467 bits per heavy atom. The molecule has 6 N–H and O–H groups in total. The zero-order valence-corrected chi connectivity index (χ0v) is 43.5. The third-order valence-corrected chi connectivity index (χ3v) is 12.3. The molecular weight excluding hydrogens is 949 g/mol. The topological polar surface area (TPSA) is 202 Å². The lowest BCUT2D eigenvalue weighted by Gasteiger charge is -2.36. The molecule has 1 aliphatic carbocycles. The Hall–Kier alpha value is -7.88. The van der Waals surface area contributed by atoms with E-state index in [0.717, 1.165) is 80.9 Å². The van der Waals surface area contributed by atoms with Crippen LogP contribution in [0.5, 0.6) is 0 Å². The number of ether oxygens (including phenoxy) is 3. The zero-order chi connectivity index (χ0) is 53.7. The van der Waals surface area contributed by atoms with Gasteiger partial charge in [-0.3, -0.25) is 0 Å². The molecule has 6 amide bonds. The van der Waals surface area contributed by atoms with Crippen LogP contribution in [-0.4, -0.2) is 85.5 Å². The van der Waals surface area contributed by atoms with Crippen molar-refractivity contribution in [3.05, 3.63) is 108 Å². The van der Waals surface area contributed by atoms with Gasteiger partial charge in [0.1, 0.15) is 24.2 Å². The summed E-state index contributed by atoms with van der Waals surface area (Å²) < 4.78 is 16.5. The summed E-state index contributed by atoms with van der Waals surface area (Å²) in [5.41, 5.74) is 2.37. The Labute approximate surface area is 443 Å². The molecule has 0 aromatic heterocycles. The van der Waals surface area contributed by atoms with E-state index in [9.17, 15) is 28.8 Å². The molecule has 75 heavy (non-hydrogen) atoms. The van der Waals surface area contributed by atoms with Crippen molar-refractivity contribution in [2.45, 2.75) is 166 Å². The average Bonchev–Trinajstić information content (AvgIpc) is 3.40. The van der Waals surface area contributed by atoms with Gasteiger partial charge in [-0.05, 0) is 66.6 Å². The minimum atomic E-state index is -1.19. The van der Waals surface area contributed by atoms with Crippen molar-refractivity contribution in [1.82, 2.24) is 31.9 Å². The molecule has 0 spiro atoms. The molecule has 0 bridgehead atoms. The lowest BCUT2D eigenvalue weighted by atomic mass is 9.87. The normalized spacial score (nSPS) is 15.5. The maximum atomic E-state index is 13.9. The maximum Gasteiger partial charge on any atom is 0.342 e. The van der Waals surface area contributed by atoms with Crippen molar-refractivity contribution in [3.63, 3.8) is 0 Å². The van der Waals surface area contributed by atoms with Crippen LogP contribution in [0.1, 0.15) is 127 Å². The van der Waals surface area contributed by atoms with Crippen LogP contribution >= 0.6 is 0 Å². The van der Waals surface area contributed by atoms with E-state index in [-0.39, 0.29) is 51.7 Å². The highest BCUT2D eigenvalue weighted by atomic mass is 16.5. The van der Waals surface area contributed by atoms with E-state index in [0.29, 0.717) is 12.8 Å². The van der Waals surface area contributed by atoms with Gasteiger partial charge in [0.05, 0.1) is 13.2 Å². The first-order valence-corrected chi connectivity index (χ1v) is 26.4. The van der Waals surface area contributed by atoms with Crippen LogP contribution in [0.2, 0.25) is 0 Å². The quantitative estimate of drug-likeness (QED) is 0.0173. The molecule has 0 heterocycles. The van der Waals surface area contributed by atoms with Crippen molar-refractivity contribution >= 4 is 36.0 Å². The van der Waals surface area contributed by atoms with Crippen LogP contribution in [-0.2, 0) is 47.9 Å². The largest absolute Gasteiger partial charge is 0.464 e. The zero-order valence-electron chi connectivity index (χ0n) is 43.5. The van der Waals surface area contributed by atoms with E-state index < -0.39 is 72.3 Å². The minimum absolute atomic E-state index is 0.0601. The van der Waals surface area contributed by atoms with E-state index in [1.807, 2.05) is 66.7 Å². The smallest absolute Gasteiger partial charge is 0.342 e. The molecule has 1 fully saturated rings. The molecule has 6 atom stereocenters. The highest BCUT2D eigenvalue weighted by molar-refractivity contribution is 5.86. The van der Waals surface area contributed by atoms with Gasteiger partial charge >= 0.3 is 36.0 Å². The summed E-state index contributed by atoms with van der Waals surface area (Å²) in [5, 5.41) is 17.2. The molecule has 15 heteroatoms. The highest BCUT2D eigenvalue weighted by Gasteiger charge is 2.35. The number of rotatable bonds is 29. The molecule has 15 nitrogen and oxygen atoms in total. The number of carbonyl (C=O) groups is 6. The first kappa shape index (κ1) is 59.7. The van der Waals surface area contributed by atoms with Gasteiger partial charge in [-0.25, -0.2) is 28.8 Å². The fraction of sp³-hybridized carbons (Fsp3) is 0.467. The van der Waals surface area contributed by atoms with Gasteiger partial charge in [-0.2, -0.15) is 0 Å². The second kappa shape index (κ2) is 36.1. The fourth-order valence-corrected chi connectivity index (χ4v) is 8.57. The number of hydrogen-bond acceptors (Lipinski definition) is 9. The van der Waals surface area contributed by atoms with Crippen molar-refractivity contribution in [2.24, 2.45) is 0 Å². The summed E-state index contributed by atoms with van der Waals surface area (Å²) in [5.74, 6) is 12.1. The van der Waals surface area contributed by atoms with Crippen LogP contribution in [0.25, 0.3) is 0 Å². The number of terminal acetylenes is 1. The van der Waals surface area contributed by atoms with Crippen LogP contribution in [0.4, 0.5) is 14.4 Å². The highest BCUT2D eigenvalue weighted by Crippen LogP contribution is 2.21. The summed E-state index contributed by atoms with van der Waals surface area (Å²) in [4.78, 5) is 82.1. The number of hydrogen-bond donors (Lipinski definition) is 6. The summed E-state index contributed by atoms with van der Waals surface area (Å²) in [6.45, 7) is 4.76. The van der Waals surface area contributed by atoms with Gasteiger partial charge in [-0.1, -0.05) is 169 Å². The number of carbonyl (C=O) groups excluding carboxylic acids is 6. The summed E-state index contributed by atoms with van der Waals surface area (Å²) >= 11 is 0. The lowest BCUT2D eigenvalue weighted by molar-refractivity contribution is -0.146. The molecule has 0 saturated heterocycles. The molecule has 1 aliphatic rings. The Morgan fingerprint density at radius 3 is 1.17 bits per heavy atom. The summed E-state index contributed by atoms with van der Waals surface area (Å²) in [6, 6.07) is 20.4. The molecule has 3 aromatic rings. The predicted molar refractivity (Wildman–Crippen MR) is 289 cm³/mol. The van der Waals surface area contributed by atoms with E-state index in [4.69, 9.17) is 20.6 Å².